The average Bonchev–Trinajstić information content (AvgIpc) is 2.98. The molecule has 0 aliphatic carbocycles. The quantitative estimate of drug-likeness (QED) is 0.568. The number of hydrogen-bond acceptors (Lipinski definition) is 5. The zero-order chi connectivity index (χ0) is 22.1. The van der Waals surface area contributed by atoms with Crippen LogP contribution in [0.15, 0.2) is 29.4 Å². The second-order valence-corrected chi connectivity index (χ2v) is 10.1. The number of hydrogen-bond donors (Lipinski definition) is 2. The highest BCUT2D eigenvalue weighted by molar-refractivity contribution is 7.16. The lowest BCUT2D eigenvalue weighted by atomic mass is 9.81. The summed E-state index contributed by atoms with van der Waals surface area (Å²) in [6.07, 6.45) is 0.789. The summed E-state index contributed by atoms with van der Waals surface area (Å²) in [6, 6.07) is 10.2. The van der Waals surface area contributed by atoms with Crippen LogP contribution in [0.5, 0.6) is 0 Å². The average molecular weight is 426 g/mol. The van der Waals surface area contributed by atoms with Crippen LogP contribution in [0.4, 0.5) is 5.00 Å². The van der Waals surface area contributed by atoms with Crippen LogP contribution in [0, 0.1) is 18.3 Å². The summed E-state index contributed by atoms with van der Waals surface area (Å²) in [5.41, 5.74) is 4.27. The zero-order valence-corrected chi connectivity index (χ0v) is 19.2. The Morgan fingerprint density at radius 1 is 1.30 bits per heavy atom. The minimum absolute atomic E-state index is 0.00418. The number of oxime groups is 1. The lowest BCUT2D eigenvalue weighted by Gasteiger charge is -2.38. The van der Waals surface area contributed by atoms with Crippen molar-refractivity contribution >= 4 is 28.0 Å². The molecule has 0 radical (unpaired) electrons. The van der Waals surface area contributed by atoms with E-state index in [-0.39, 0.29) is 23.6 Å². The van der Waals surface area contributed by atoms with Crippen molar-refractivity contribution in [2.45, 2.75) is 59.0 Å². The molecule has 0 bridgehead atoms. The molecule has 1 aliphatic rings. The summed E-state index contributed by atoms with van der Waals surface area (Å²) < 4.78 is 0. The van der Waals surface area contributed by atoms with Gasteiger partial charge < -0.3 is 15.5 Å². The van der Waals surface area contributed by atoms with Gasteiger partial charge in [-0.3, -0.25) is 4.79 Å². The Kier molecular flexibility index (Phi) is 6.02. The lowest BCUT2D eigenvalue weighted by molar-refractivity contribution is -0.789. The summed E-state index contributed by atoms with van der Waals surface area (Å²) >= 11 is 1.48. The molecule has 1 aromatic carbocycles. The van der Waals surface area contributed by atoms with Crippen LogP contribution in [-0.4, -0.2) is 23.8 Å². The molecule has 2 heterocycles. The van der Waals surface area contributed by atoms with Crippen LogP contribution in [-0.2, 0) is 21.6 Å². The van der Waals surface area contributed by atoms with Crippen molar-refractivity contribution < 1.29 is 14.9 Å². The van der Waals surface area contributed by atoms with Crippen LogP contribution < -0.4 is 10.6 Å². The molecule has 0 saturated heterocycles. The monoisotopic (exact) mass is 425 g/mol. The summed E-state index contributed by atoms with van der Waals surface area (Å²) in [6.45, 7) is 12.3. The second-order valence-electron chi connectivity index (χ2n) is 9.12. The number of aryl methyl sites for hydroxylation is 1. The van der Waals surface area contributed by atoms with Gasteiger partial charge in [-0.05, 0) is 52.7 Å². The number of nitriles is 1. The maximum atomic E-state index is 12.4. The Labute approximate surface area is 181 Å². The molecule has 1 aromatic heterocycles. The maximum absolute atomic E-state index is 12.4. The Morgan fingerprint density at radius 3 is 2.60 bits per heavy atom. The van der Waals surface area contributed by atoms with Gasteiger partial charge in [0.15, 0.2) is 6.61 Å². The molecule has 7 heteroatoms. The number of carbonyl (C=O) groups is 1. The van der Waals surface area contributed by atoms with E-state index in [9.17, 15) is 10.1 Å². The van der Waals surface area contributed by atoms with Crippen LogP contribution in [0.3, 0.4) is 0 Å². The topological polar surface area (TPSA) is 91.1 Å². The number of thiophene rings is 1. The van der Waals surface area contributed by atoms with Gasteiger partial charge in [-0.1, -0.05) is 35.0 Å². The summed E-state index contributed by atoms with van der Waals surface area (Å²) in [4.78, 5) is 18.8. The number of benzene rings is 1. The molecule has 1 amide bonds. The van der Waals surface area contributed by atoms with E-state index in [1.807, 2.05) is 38.1 Å². The van der Waals surface area contributed by atoms with Crippen molar-refractivity contribution in [3.63, 3.8) is 0 Å². The van der Waals surface area contributed by atoms with Crippen molar-refractivity contribution in [2.24, 2.45) is 5.16 Å². The predicted molar refractivity (Wildman–Crippen MR) is 120 cm³/mol. The SMILES string of the molecule is C/C(=N/OCC(=O)Nc1sc2c(c1C#N)CC(C)(C)[NH2+]C2(C)C)c1ccc(C)cc1. The van der Waals surface area contributed by atoms with Gasteiger partial charge in [0.1, 0.15) is 16.6 Å². The summed E-state index contributed by atoms with van der Waals surface area (Å²) in [5, 5.41) is 19.6. The number of quaternary nitrogens is 1. The largest absolute Gasteiger partial charge is 0.385 e. The van der Waals surface area contributed by atoms with Crippen LogP contribution in [0.25, 0.3) is 0 Å². The number of nitrogens with two attached hydrogens (primary N) is 1. The van der Waals surface area contributed by atoms with Gasteiger partial charge in [0, 0.05) is 6.42 Å². The van der Waals surface area contributed by atoms with Crippen LogP contribution >= 0.6 is 11.3 Å². The van der Waals surface area contributed by atoms with E-state index in [2.05, 4.69) is 49.6 Å². The van der Waals surface area contributed by atoms with Crippen molar-refractivity contribution in [3.8, 4) is 6.07 Å². The smallest absolute Gasteiger partial charge is 0.265 e. The molecule has 0 saturated carbocycles. The Morgan fingerprint density at radius 2 is 1.97 bits per heavy atom. The van der Waals surface area contributed by atoms with Crippen molar-refractivity contribution in [1.29, 1.82) is 5.26 Å². The standard InChI is InChI=1S/C23H28N4O2S/c1-14-7-9-16(10-8-14)15(2)26-29-13-19(28)25-21-18(12-24)17-11-22(3,4)27-23(5,6)20(17)30-21/h7-10,27H,11,13H2,1-6H3,(H,25,28)/p+1/b26-15-. The molecule has 30 heavy (non-hydrogen) atoms. The number of anilines is 1. The first-order chi connectivity index (χ1) is 14.0. The highest BCUT2D eigenvalue weighted by Gasteiger charge is 2.44. The highest BCUT2D eigenvalue weighted by atomic mass is 32.1. The van der Waals surface area contributed by atoms with Gasteiger partial charge in [-0.15, -0.1) is 11.3 Å². The van der Waals surface area contributed by atoms with E-state index in [4.69, 9.17) is 4.84 Å². The van der Waals surface area contributed by atoms with E-state index >= 15 is 0 Å². The number of rotatable bonds is 5. The Balaban J connectivity index is 1.70. The lowest BCUT2D eigenvalue weighted by Crippen LogP contribution is -3.03. The molecule has 0 unspecified atom stereocenters. The van der Waals surface area contributed by atoms with E-state index in [1.165, 1.54) is 16.9 Å². The molecule has 0 fully saturated rings. The predicted octanol–water partition coefficient (Wildman–Crippen LogP) is 3.44. The number of nitrogens with one attached hydrogen (secondary N) is 1. The minimum atomic E-state index is -0.327. The van der Waals surface area contributed by atoms with E-state index < -0.39 is 0 Å². The minimum Gasteiger partial charge on any atom is -0.385 e. The number of carbonyl (C=O) groups excluding carboxylic acids is 1. The van der Waals surface area contributed by atoms with Crippen molar-refractivity contribution in [2.75, 3.05) is 11.9 Å². The molecule has 0 atom stereocenters. The molecule has 158 valence electrons. The molecular formula is C23H29N4O2S+. The van der Waals surface area contributed by atoms with E-state index in [0.29, 0.717) is 16.3 Å². The molecule has 3 N–H and O–H groups in total. The van der Waals surface area contributed by atoms with Crippen LogP contribution in [0.2, 0.25) is 0 Å². The van der Waals surface area contributed by atoms with Gasteiger partial charge in [-0.25, -0.2) is 0 Å². The fourth-order valence-corrected chi connectivity index (χ4v) is 5.37. The van der Waals surface area contributed by atoms with Crippen molar-refractivity contribution in [3.05, 3.63) is 51.4 Å². The van der Waals surface area contributed by atoms with Gasteiger partial charge in [0.05, 0.1) is 21.7 Å². The number of nitrogens with zero attached hydrogens (tertiary/aromatic N) is 2. The fourth-order valence-electron chi connectivity index (χ4n) is 4.11. The third kappa shape index (κ3) is 4.72. The van der Waals surface area contributed by atoms with Gasteiger partial charge in [0.25, 0.3) is 5.91 Å². The van der Waals surface area contributed by atoms with Crippen LogP contribution in [0.1, 0.15) is 61.7 Å². The van der Waals surface area contributed by atoms with Crippen molar-refractivity contribution in [1.82, 2.24) is 0 Å². The highest BCUT2D eigenvalue weighted by Crippen LogP contribution is 2.41. The summed E-state index contributed by atoms with van der Waals surface area (Å²) in [5.74, 6) is -0.327. The van der Waals surface area contributed by atoms with Gasteiger partial charge in [0.2, 0.25) is 0 Å². The third-order valence-electron chi connectivity index (χ3n) is 5.21. The molecule has 3 rings (SSSR count). The zero-order valence-electron chi connectivity index (χ0n) is 18.4. The first kappa shape index (κ1) is 22.0. The molecule has 1 aliphatic heterocycles. The van der Waals surface area contributed by atoms with Gasteiger partial charge in [-0.2, -0.15) is 5.26 Å². The first-order valence-corrected chi connectivity index (χ1v) is 10.8. The Bertz CT molecular complexity index is 1030. The number of fused-ring (bicyclic) bond motifs is 1. The van der Waals surface area contributed by atoms with E-state index in [1.54, 1.807) is 0 Å². The van der Waals surface area contributed by atoms with E-state index in [0.717, 1.165) is 22.4 Å². The Hall–Kier alpha value is -2.69. The summed E-state index contributed by atoms with van der Waals surface area (Å²) in [7, 11) is 0. The first-order valence-electron chi connectivity index (χ1n) is 9.99. The molecule has 2 aromatic rings. The third-order valence-corrected chi connectivity index (χ3v) is 6.69. The molecule has 6 nitrogen and oxygen atoms in total. The molecular weight excluding hydrogens is 396 g/mol. The maximum Gasteiger partial charge on any atom is 0.265 e. The normalized spacial score (nSPS) is 17.0. The number of amides is 1. The van der Waals surface area contributed by atoms with Gasteiger partial charge >= 0.3 is 0 Å². The molecule has 0 spiro atoms. The second kappa shape index (κ2) is 8.21. The fraction of sp³-hybridized carbons (Fsp3) is 0.435.